The summed E-state index contributed by atoms with van der Waals surface area (Å²) in [6, 6.07) is 15.4. The molecule has 120 valence electrons. The van der Waals surface area contributed by atoms with Gasteiger partial charge in [0.1, 0.15) is 0 Å². The minimum atomic E-state index is 0.599. The van der Waals surface area contributed by atoms with Gasteiger partial charge in [-0.15, -0.1) is 0 Å². The van der Waals surface area contributed by atoms with Crippen molar-refractivity contribution in [3.63, 3.8) is 0 Å². The Balaban J connectivity index is 1.61. The van der Waals surface area contributed by atoms with Crippen LogP contribution in [-0.2, 0) is 12.8 Å². The molecule has 3 atom stereocenters. The van der Waals surface area contributed by atoms with Crippen LogP contribution in [0.2, 0.25) is 10.0 Å². The highest BCUT2D eigenvalue weighted by Gasteiger charge is 2.42. The molecule has 2 aromatic carbocycles. The van der Waals surface area contributed by atoms with Crippen molar-refractivity contribution in [2.45, 2.75) is 31.2 Å². The lowest BCUT2D eigenvalue weighted by molar-refractivity contribution is 0.259. The van der Waals surface area contributed by atoms with Crippen molar-refractivity contribution in [3.8, 4) is 0 Å². The summed E-state index contributed by atoms with van der Waals surface area (Å²) < 4.78 is 0. The van der Waals surface area contributed by atoms with Crippen molar-refractivity contribution in [1.82, 2.24) is 4.90 Å². The Labute approximate surface area is 148 Å². The summed E-state index contributed by atoms with van der Waals surface area (Å²) in [4.78, 5) is 2.54. The predicted octanol–water partition coefficient (Wildman–Crippen LogP) is 5.20. The van der Waals surface area contributed by atoms with Crippen molar-refractivity contribution < 1.29 is 0 Å². The topological polar surface area (TPSA) is 3.24 Å². The van der Waals surface area contributed by atoms with E-state index < -0.39 is 0 Å². The summed E-state index contributed by atoms with van der Waals surface area (Å²) in [5, 5.41) is 1.70. The fraction of sp³-hybridized carbons (Fsp3) is 0.400. The number of likely N-dealkylation sites (N-methyl/N-ethyl adjacent to an activating group) is 1. The number of likely N-dealkylation sites (tertiary alicyclic amines) is 1. The zero-order valence-corrected chi connectivity index (χ0v) is 14.8. The molecule has 1 heterocycles. The fourth-order valence-electron chi connectivity index (χ4n) is 4.59. The van der Waals surface area contributed by atoms with Gasteiger partial charge in [-0.3, -0.25) is 0 Å². The molecular weight excluding hydrogens is 325 g/mol. The van der Waals surface area contributed by atoms with Gasteiger partial charge in [0.25, 0.3) is 0 Å². The second kappa shape index (κ2) is 6.12. The molecule has 2 aliphatic rings. The van der Waals surface area contributed by atoms with Crippen LogP contribution < -0.4 is 0 Å². The third-order valence-electron chi connectivity index (χ3n) is 5.65. The van der Waals surface area contributed by atoms with Crippen LogP contribution in [0.1, 0.15) is 29.0 Å². The first-order valence-corrected chi connectivity index (χ1v) is 9.10. The molecule has 1 aliphatic heterocycles. The molecule has 0 saturated carbocycles. The first kappa shape index (κ1) is 15.5. The maximum Gasteiger partial charge on any atom is 0.0408 e. The van der Waals surface area contributed by atoms with E-state index in [2.05, 4.69) is 42.3 Å². The van der Waals surface area contributed by atoms with Crippen LogP contribution in [0.4, 0.5) is 0 Å². The van der Waals surface area contributed by atoms with Gasteiger partial charge in [-0.25, -0.2) is 0 Å². The Bertz CT molecular complexity index is 727. The molecule has 0 aromatic heterocycles. The van der Waals surface area contributed by atoms with Gasteiger partial charge in [0.15, 0.2) is 0 Å². The minimum Gasteiger partial charge on any atom is -0.302 e. The van der Waals surface area contributed by atoms with E-state index in [-0.39, 0.29) is 0 Å². The largest absolute Gasteiger partial charge is 0.302 e. The molecule has 2 aromatic rings. The van der Waals surface area contributed by atoms with E-state index in [1.807, 2.05) is 12.1 Å². The van der Waals surface area contributed by atoms with E-state index in [1.165, 1.54) is 23.1 Å². The molecule has 1 unspecified atom stereocenters. The molecule has 0 spiro atoms. The first-order chi connectivity index (χ1) is 11.1. The van der Waals surface area contributed by atoms with Crippen LogP contribution in [0.25, 0.3) is 0 Å². The monoisotopic (exact) mass is 345 g/mol. The molecule has 0 N–H and O–H groups in total. The number of nitrogens with zero attached hydrogens (tertiary/aromatic N) is 1. The number of rotatable bonds is 2. The standard InChI is InChI=1S/C20H21Cl2N/c1-23-12-19-17-8-6-16(22)11-14(17)5-7-18(19)20(23)10-13-3-2-4-15(21)9-13/h2-4,6,8-9,11,18-20H,5,7,10,12H2,1H3/t18?,19-,20-/m1/s1. The molecular formula is C20H21Cl2N. The van der Waals surface area contributed by atoms with Crippen LogP contribution >= 0.6 is 23.2 Å². The van der Waals surface area contributed by atoms with E-state index in [0.29, 0.717) is 12.0 Å². The smallest absolute Gasteiger partial charge is 0.0408 e. The molecule has 1 aliphatic carbocycles. The normalized spacial score (nSPS) is 26.8. The lowest BCUT2D eigenvalue weighted by Crippen LogP contribution is -2.32. The van der Waals surface area contributed by atoms with Gasteiger partial charge in [0.2, 0.25) is 0 Å². The van der Waals surface area contributed by atoms with Gasteiger partial charge in [-0.05, 0) is 73.2 Å². The third-order valence-corrected chi connectivity index (χ3v) is 6.12. The maximum absolute atomic E-state index is 6.18. The molecule has 1 nitrogen and oxygen atoms in total. The number of fused-ring (bicyclic) bond motifs is 3. The van der Waals surface area contributed by atoms with E-state index >= 15 is 0 Å². The third kappa shape index (κ3) is 2.91. The van der Waals surface area contributed by atoms with E-state index in [0.717, 1.165) is 35.3 Å². The highest BCUT2D eigenvalue weighted by Crippen LogP contribution is 2.45. The second-order valence-electron chi connectivity index (χ2n) is 6.99. The van der Waals surface area contributed by atoms with Crippen molar-refractivity contribution in [2.75, 3.05) is 13.6 Å². The summed E-state index contributed by atoms with van der Waals surface area (Å²) in [5.41, 5.74) is 4.32. The summed E-state index contributed by atoms with van der Waals surface area (Å²) in [6.07, 6.45) is 3.49. The molecule has 1 fully saturated rings. The predicted molar refractivity (Wildman–Crippen MR) is 97.6 cm³/mol. The summed E-state index contributed by atoms with van der Waals surface area (Å²) in [7, 11) is 2.27. The first-order valence-electron chi connectivity index (χ1n) is 8.35. The highest BCUT2D eigenvalue weighted by molar-refractivity contribution is 6.30. The van der Waals surface area contributed by atoms with Crippen molar-refractivity contribution >= 4 is 23.2 Å². The lowest BCUT2D eigenvalue weighted by atomic mass is 9.73. The Morgan fingerprint density at radius 1 is 1.09 bits per heavy atom. The van der Waals surface area contributed by atoms with Gasteiger partial charge < -0.3 is 4.90 Å². The Kier molecular flexibility index (Phi) is 4.13. The van der Waals surface area contributed by atoms with Gasteiger partial charge in [0.05, 0.1) is 0 Å². The number of hydrogen-bond donors (Lipinski definition) is 0. The van der Waals surface area contributed by atoms with E-state index in [1.54, 1.807) is 0 Å². The zero-order valence-electron chi connectivity index (χ0n) is 13.3. The van der Waals surface area contributed by atoms with Gasteiger partial charge in [-0.2, -0.15) is 0 Å². The molecule has 1 saturated heterocycles. The zero-order chi connectivity index (χ0) is 16.0. The SMILES string of the molecule is CN1C[C@@H]2c3ccc(Cl)cc3CCC2[C@H]1Cc1cccc(Cl)c1. The average Bonchev–Trinajstić information content (AvgIpc) is 2.83. The summed E-state index contributed by atoms with van der Waals surface area (Å²) in [6.45, 7) is 1.14. The maximum atomic E-state index is 6.18. The van der Waals surface area contributed by atoms with Crippen molar-refractivity contribution in [2.24, 2.45) is 5.92 Å². The van der Waals surface area contributed by atoms with Crippen LogP contribution in [0.5, 0.6) is 0 Å². The van der Waals surface area contributed by atoms with Crippen LogP contribution in [0, 0.1) is 5.92 Å². The van der Waals surface area contributed by atoms with Gasteiger partial charge in [-0.1, -0.05) is 41.4 Å². The molecule has 4 rings (SSSR count). The Morgan fingerprint density at radius 3 is 2.74 bits per heavy atom. The molecule has 0 amide bonds. The molecule has 23 heavy (non-hydrogen) atoms. The van der Waals surface area contributed by atoms with Crippen molar-refractivity contribution in [1.29, 1.82) is 0 Å². The Hall–Kier alpha value is -1.02. The van der Waals surface area contributed by atoms with Crippen LogP contribution in [0.15, 0.2) is 42.5 Å². The van der Waals surface area contributed by atoms with Crippen LogP contribution in [0.3, 0.4) is 0 Å². The minimum absolute atomic E-state index is 0.599. The van der Waals surface area contributed by atoms with Gasteiger partial charge >= 0.3 is 0 Å². The number of halogens is 2. The van der Waals surface area contributed by atoms with E-state index in [9.17, 15) is 0 Å². The van der Waals surface area contributed by atoms with Crippen molar-refractivity contribution in [3.05, 3.63) is 69.2 Å². The highest BCUT2D eigenvalue weighted by atomic mass is 35.5. The molecule has 0 bridgehead atoms. The summed E-state index contributed by atoms with van der Waals surface area (Å²) in [5.74, 6) is 1.37. The van der Waals surface area contributed by atoms with Crippen LogP contribution in [-0.4, -0.2) is 24.5 Å². The molecule has 3 heteroatoms. The number of aryl methyl sites for hydroxylation is 1. The Morgan fingerprint density at radius 2 is 1.91 bits per heavy atom. The number of hydrogen-bond acceptors (Lipinski definition) is 1. The quantitative estimate of drug-likeness (QED) is 0.723. The second-order valence-corrected chi connectivity index (χ2v) is 7.87. The van der Waals surface area contributed by atoms with E-state index in [4.69, 9.17) is 23.2 Å². The lowest BCUT2D eigenvalue weighted by Gasteiger charge is -2.31. The molecule has 0 radical (unpaired) electrons. The number of benzene rings is 2. The van der Waals surface area contributed by atoms with Gasteiger partial charge in [0, 0.05) is 28.5 Å². The summed E-state index contributed by atoms with van der Waals surface area (Å²) >= 11 is 12.3. The average molecular weight is 346 g/mol. The fourth-order valence-corrected chi connectivity index (χ4v) is 4.99.